The first-order valence-corrected chi connectivity index (χ1v) is 10.3. The number of aryl methyl sites for hydroxylation is 1. The molecule has 174 valence electrons. The lowest BCUT2D eigenvalue weighted by Gasteiger charge is -2.10. The number of carbonyl (C=O) groups excluding carboxylic acids is 2. The maximum absolute atomic E-state index is 11.8. The Kier molecular flexibility index (Phi) is 9.18. The van der Waals surface area contributed by atoms with E-state index >= 15 is 0 Å². The van der Waals surface area contributed by atoms with Crippen molar-refractivity contribution in [2.75, 3.05) is 13.2 Å². The van der Waals surface area contributed by atoms with Crippen LogP contribution in [-0.4, -0.2) is 35.8 Å². The van der Waals surface area contributed by atoms with Gasteiger partial charge in [-0.3, -0.25) is 15.0 Å². The van der Waals surface area contributed by atoms with Crippen molar-refractivity contribution in [3.63, 3.8) is 0 Å². The number of nitrogens with one attached hydrogen (secondary N) is 2. The van der Waals surface area contributed by atoms with Gasteiger partial charge in [0.15, 0.2) is 0 Å². The maximum atomic E-state index is 11.8. The third kappa shape index (κ3) is 7.18. The van der Waals surface area contributed by atoms with Gasteiger partial charge in [-0.25, -0.2) is 4.98 Å². The Morgan fingerprint density at radius 3 is 2.52 bits per heavy atom. The first kappa shape index (κ1) is 25.6. The largest absolute Gasteiger partial charge is 0.466 e. The zero-order chi connectivity index (χ0) is 23.1. The second kappa shape index (κ2) is 11.8. The first-order chi connectivity index (χ1) is 15.4. The summed E-state index contributed by atoms with van der Waals surface area (Å²) in [5.74, 6) is 0.177. The van der Waals surface area contributed by atoms with Crippen molar-refractivity contribution in [1.29, 1.82) is 5.41 Å². The minimum Gasteiger partial charge on any atom is -0.466 e. The number of ether oxygens (including phenoxy) is 2. The molecule has 0 aliphatic heterocycles. The summed E-state index contributed by atoms with van der Waals surface area (Å²) < 4.78 is 10.7. The van der Waals surface area contributed by atoms with Crippen LogP contribution in [0.2, 0.25) is 0 Å². The van der Waals surface area contributed by atoms with E-state index in [0.29, 0.717) is 30.2 Å². The smallest absolute Gasteiger partial charge is 0.315 e. The fourth-order valence-corrected chi connectivity index (χ4v) is 3.20. The number of halogens is 1. The summed E-state index contributed by atoms with van der Waals surface area (Å²) in [5.41, 5.74) is 8.93. The van der Waals surface area contributed by atoms with Crippen LogP contribution in [0.5, 0.6) is 11.6 Å². The molecule has 0 spiro atoms. The molecule has 1 heterocycles. The van der Waals surface area contributed by atoms with Crippen LogP contribution < -0.4 is 15.8 Å². The lowest BCUT2D eigenvalue weighted by molar-refractivity contribution is -0.145. The second-order valence-electron chi connectivity index (χ2n) is 7.25. The fourth-order valence-electron chi connectivity index (χ4n) is 3.20. The van der Waals surface area contributed by atoms with Gasteiger partial charge in [-0.2, -0.15) is 0 Å². The average molecular weight is 471 g/mol. The highest BCUT2D eigenvalue weighted by atomic mass is 35.5. The second-order valence-corrected chi connectivity index (χ2v) is 7.25. The molecule has 0 saturated heterocycles. The molecule has 33 heavy (non-hydrogen) atoms. The summed E-state index contributed by atoms with van der Waals surface area (Å²) >= 11 is 0. The van der Waals surface area contributed by atoms with E-state index in [1.54, 1.807) is 31.2 Å². The molecular formula is C24H27ClN4O4. The fraction of sp³-hybridized carbons (Fsp3) is 0.250. The number of pyridine rings is 1. The summed E-state index contributed by atoms with van der Waals surface area (Å²) in [4.78, 5) is 27.8. The number of nitrogens with two attached hydrogens (primary N) is 1. The minimum absolute atomic E-state index is 0. The topological polar surface area (TPSA) is 127 Å². The van der Waals surface area contributed by atoms with Crippen molar-refractivity contribution in [1.82, 2.24) is 10.3 Å². The SMILES string of the molecule is CCOC(=O)CC(=O)NCCc1ccc2c(C)cc(Oc3ccc(C(=N)N)cc3)nc2c1.Cl. The van der Waals surface area contributed by atoms with Crippen LogP contribution in [0.25, 0.3) is 10.9 Å². The van der Waals surface area contributed by atoms with Gasteiger partial charge in [0.25, 0.3) is 0 Å². The number of amides is 1. The zero-order valence-electron chi connectivity index (χ0n) is 18.5. The molecular weight excluding hydrogens is 444 g/mol. The number of amidine groups is 1. The lowest BCUT2D eigenvalue weighted by atomic mass is 10.1. The molecule has 2 aromatic carbocycles. The molecule has 0 aliphatic rings. The Morgan fingerprint density at radius 1 is 1.12 bits per heavy atom. The van der Waals surface area contributed by atoms with Gasteiger partial charge in [0.1, 0.15) is 18.0 Å². The van der Waals surface area contributed by atoms with Crippen molar-refractivity contribution in [2.45, 2.75) is 26.7 Å². The Morgan fingerprint density at radius 2 is 1.85 bits per heavy atom. The van der Waals surface area contributed by atoms with Crippen molar-refractivity contribution < 1.29 is 19.1 Å². The molecule has 0 radical (unpaired) electrons. The van der Waals surface area contributed by atoms with Gasteiger partial charge in [-0.1, -0.05) is 12.1 Å². The predicted molar refractivity (Wildman–Crippen MR) is 129 cm³/mol. The molecule has 1 amide bonds. The number of hydrogen-bond acceptors (Lipinski definition) is 6. The van der Waals surface area contributed by atoms with Gasteiger partial charge in [0, 0.05) is 23.6 Å². The minimum atomic E-state index is -0.529. The average Bonchev–Trinajstić information content (AvgIpc) is 2.74. The summed E-state index contributed by atoms with van der Waals surface area (Å²) in [5, 5.41) is 11.2. The van der Waals surface area contributed by atoms with Gasteiger partial charge in [-0.15, -0.1) is 12.4 Å². The summed E-state index contributed by atoms with van der Waals surface area (Å²) in [6.07, 6.45) is 0.323. The zero-order valence-corrected chi connectivity index (χ0v) is 19.3. The van der Waals surface area contributed by atoms with Crippen molar-refractivity contribution in [3.8, 4) is 11.6 Å². The van der Waals surface area contributed by atoms with E-state index in [1.165, 1.54) is 0 Å². The lowest BCUT2D eigenvalue weighted by Crippen LogP contribution is -2.28. The van der Waals surface area contributed by atoms with Crippen LogP contribution in [0.15, 0.2) is 48.5 Å². The summed E-state index contributed by atoms with van der Waals surface area (Å²) in [6.45, 7) is 4.35. The number of fused-ring (bicyclic) bond motifs is 1. The molecule has 1 aromatic heterocycles. The van der Waals surface area contributed by atoms with Crippen LogP contribution in [0.1, 0.15) is 30.0 Å². The summed E-state index contributed by atoms with van der Waals surface area (Å²) in [7, 11) is 0. The first-order valence-electron chi connectivity index (χ1n) is 10.3. The molecule has 3 rings (SSSR count). The van der Waals surface area contributed by atoms with Gasteiger partial charge >= 0.3 is 5.97 Å². The van der Waals surface area contributed by atoms with E-state index < -0.39 is 5.97 Å². The third-order valence-corrected chi connectivity index (χ3v) is 4.79. The van der Waals surface area contributed by atoms with E-state index in [-0.39, 0.29) is 37.2 Å². The maximum Gasteiger partial charge on any atom is 0.315 e. The highest BCUT2D eigenvalue weighted by Crippen LogP contribution is 2.26. The molecule has 3 aromatic rings. The van der Waals surface area contributed by atoms with Crippen LogP contribution in [0.4, 0.5) is 0 Å². The molecule has 0 aliphatic carbocycles. The van der Waals surface area contributed by atoms with Gasteiger partial charge in [0.2, 0.25) is 11.8 Å². The standard InChI is InChI=1S/C24H26N4O4.ClH/c1-3-31-23(30)14-21(29)27-11-10-16-4-9-19-15(2)12-22(28-20(19)13-16)32-18-7-5-17(6-8-18)24(25)26;/h4-9,12-13H,3,10-11,14H2,1-2H3,(H3,25,26)(H,27,29);1H. The number of nitrogens with zero attached hydrogens (tertiary/aromatic N) is 1. The van der Waals surface area contributed by atoms with Crippen LogP contribution in [-0.2, 0) is 20.7 Å². The van der Waals surface area contributed by atoms with Crippen LogP contribution in [0.3, 0.4) is 0 Å². The van der Waals surface area contributed by atoms with Crippen molar-refractivity contribution in [2.24, 2.45) is 5.73 Å². The van der Waals surface area contributed by atoms with E-state index in [2.05, 4.69) is 10.3 Å². The van der Waals surface area contributed by atoms with E-state index in [4.69, 9.17) is 20.6 Å². The normalized spacial score (nSPS) is 10.2. The van der Waals surface area contributed by atoms with Crippen LogP contribution >= 0.6 is 12.4 Å². The van der Waals surface area contributed by atoms with Crippen molar-refractivity contribution in [3.05, 3.63) is 65.2 Å². The molecule has 0 fully saturated rings. The molecule has 8 nitrogen and oxygen atoms in total. The highest BCUT2D eigenvalue weighted by Gasteiger charge is 2.10. The molecule has 0 atom stereocenters. The number of rotatable bonds is 9. The number of aromatic nitrogens is 1. The molecule has 0 unspecified atom stereocenters. The van der Waals surface area contributed by atoms with Crippen molar-refractivity contribution >= 4 is 41.0 Å². The quantitative estimate of drug-likeness (QED) is 0.189. The predicted octanol–water partition coefficient (Wildman–Crippen LogP) is 3.65. The van der Waals surface area contributed by atoms with E-state index in [0.717, 1.165) is 22.0 Å². The number of carbonyl (C=O) groups is 2. The van der Waals surface area contributed by atoms with Gasteiger partial charge < -0.3 is 20.5 Å². The summed E-state index contributed by atoms with van der Waals surface area (Å²) in [6, 6.07) is 14.8. The Hall–Kier alpha value is -3.65. The number of benzene rings is 2. The van der Waals surface area contributed by atoms with Gasteiger partial charge in [0.05, 0.1) is 12.1 Å². The highest BCUT2D eigenvalue weighted by molar-refractivity contribution is 5.95. The Bertz CT molecular complexity index is 1150. The molecule has 0 saturated carbocycles. The van der Waals surface area contributed by atoms with E-state index in [1.807, 2.05) is 31.2 Å². The molecule has 9 heteroatoms. The third-order valence-electron chi connectivity index (χ3n) is 4.79. The number of nitrogen functional groups attached to an aromatic ring is 1. The number of esters is 1. The Labute approximate surface area is 198 Å². The van der Waals surface area contributed by atoms with Gasteiger partial charge in [-0.05, 0) is 61.7 Å². The molecule has 0 bridgehead atoms. The monoisotopic (exact) mass is 470 g/mol. The van der Waals surface area contributed by atoms with E-state index in [9.17, 15) is 9.59 Å². The Balaban J connectivity index is 0.00000385. The van der Waals surface area contributed by atoms with Crippen LogP contribution in [0, 0.1) is 12.3 Å². The molecule has 4 N–H and O–H groups in total. The number of hydrogen-bond donors (Lipinski definition) is 3.